The molecule has 0 aromatic heterocycles. The van der Waals surface area contributed by atoms with Crippen molar-refractivity contribution in [2.75, 3.05) is 6.61 Å². The van der Waals surface area contributed by atoms with Crippen LogP contribution in [0.1, 0.15) is 25.1 Å². The van der Waals surface area contributed by atoms with Crippen LogP contribution >= 0.6 is 0 Å². The smallest absolute Gasteiger partial charge is 0.204 e. The number of rotatable bonds is 4. The van der Waals surface area contributed by atoms with Gasteiger partial charge in [-0.05, 0) is 13.3 Å². The summed E-state index contributed by atoms with van der Waals surface area (Å²) >= 11 is 0. The zero-order valence-electron chi connectivity index (χ0n) is 9.00. The Kier molecular flexibility index (Phi) is 4.31. The van der Waals surface area contributed by atoms with Crippen LogP contribution in [0.15, 0.2) is 0 Å². The van der Waals surface area contributed by atoms with Crippen LogP contribution in [0.5, 0.6) is 5.75 Å². The largest absolute Gasteiger partial charge is 0.487 e. The van der Waals surface area contributed by atoms with Crippen molar-refractivity contribution < 1.29 is 26.7 Å². The topological polar surface area (TPSA) is 9.23 Å². The minimum atomic E-state index is -2.40. The molecule has 0 fully saturated rings. The fourth-order valence-corrected chi connectivity index (χ4v) is 1.23. The van der Waals surface area contributed by atoms with Crippen molar-refractivity contribution in [1.82, 2.24) is 0 Å². The van der Waals surface area contributed by atoms with Crippen LogP contribution in [0, 0.1) is 30.2 Å². The van der Waals surface area contributed by atoms with Crippen LogP contribution in [0.2, 0.25) is 0 Å². The first-order valence-electron chi connectivity index (χ1n) is 4.87. The van der Waals surface area contributed by atoms with E-state index in [0.29, 0.717) is 6.42 Å². The van der Waals surface area contributed by atoms with Crippen LogP contribution in [0.3, 0.4) is 0 Å². The van der Waals surface area contributed by atoms with Crippen molar-refractivity contribution in [1.29, 1.82) is 0 Å². The summed E-state index contributed by atoms with van der Waals surface area (Å²) in [6.45, 7) is 4.21. The maximum atomic E-state index is 13.3. The third-order valence-corrected chi connectivity index (χ3v) is 2.02. The van der Waals surface area contributed by atoms with E-state index in [-0.39, 0.29) is 6.61 Å². The molecule has 1 nitrogen and oxygen atoms in total. The first-order valence-corrected chi connectivity index (χ1v) is 4.87. The van der Waals surface area contributed by atoms with E-state index in [4.69, 9.17) is 0 Å². The third kappa shape index (κ3) is 2.50. The van der Waals surface area contributed by atoms with Crippen LogP contribution in [0.4, 0.5) is 22.0 Å². The second-order valence-corrected chi connectivity index (χ2v) is 3.31. The molecule has 1 unspecified atom stereocenters. The molecule has 0 saturated carbocycles. The molecule has 0 amide bonds. The number of ether oxygens (including phenoxy) is 1. The Morgan fingerprint density at radius 2 is 1.53 bits per heavy atom. The molecule has 1 radical (unpaired) electrons. The van der Waals surface area contributed by atoms with Crippen molar-refractivity contribution >= 4 is 0 Å². The molecule has 0 spiro atoms. The molecule has 0 saturated heterocycles. The van der Waals surface area contributed by atoms with Crippen LogP contribution in [-0.2, 0) is 0 Å². The number of alkyl halides is 1. The number of hydrogen-bond donors (Lipinski definition) is 0. The highest BCUT2D eigenvalue weighted by Gasteiger charge is 2.29. The highest BCUT2D eigenvalue weighted by atomic mass is 19.2. The molecule has 95 valence electrons. The first-order chi connectivity index (χ1) is 7.91. The van der Waals surface area contributed by atoms with Crippen molar-refractivity contribution in [3.05, 3.63) is 35.8 Å². The van der Waals surface area contributed by atoms with Crippen molar-refractivity contribution in [3.63, 3.8) is 0 Å². The number of halogens is 5. The van der Waals surface area contributed by atoms with Gasteiger partial charge >= 0.3 is 0 Å². The van der Waals surface area contributed by atoms with Crippen LogP contribution in [-0.4, -0.2) is 6.61 Å². The fraction of sp³-hybridized carbons (Fsp3) is 0.364. The van der Waals surface area contributed by atoms with Crippen LogP contribution in [0.25, 0.3) is 0 Å². The zero-order valence-corrected chi connectivity index (χ0v) is 9.00. The van der Waals surface area contributed by atoms with Gasteiger partial charge in [-0.1, -0.05) is 6.92 Å². The molecule has 0 bridgehead atoms. The van der Waals surface area contributed by atoms with Crippen molar-refractivity contribution in [2.24, 2.45) is 0 Å². The highest BCUT2D eigenvalue weighted by Crippen LogP contribution is 2.34. The minimum Gasteiger partial charge on any atom is -0.487 e. The standard InChI is InChI=1S/C11H10F5O/c1-3-4-17-11-9(15)7(13)6(5(2)12)8(14)10(11)16/h5H,2-4H2,1H3. The summed E-state index contributed by atoms with van der Waals surface area (Å²) in [4.78, 5) is 0. The van der Waals surface area contributed by atoms with E-state index in [1.165, 1.54) is 0 Å². The van der Waals surface area contributed by atoms with Crippen molar-refractivity contribution in [2.45, 2.75) is 19.5 Å². The predicted molar refractivity (Wildman–Crippen MR) is 51.3 cm³/mol. The Balaban J connectivity index is 3.36. The summed E-state index contributed by atoms with van der Waals surface area (Å²) in [7, 11) is 0. The van der Waals surface area contributed by atoms with Gasteiger partial charge in [0.25, 0.3) is 0 Å². The van der Waals surface area contributed by atoms with E-state index >= 15 is 0 Å². The normalized spacial score (nSPS) is 12.6. The van der Waals surface area contributed by atoms with Gasteiger partial charge in [0.2, 0.25) is 11.6 Å². The number of hydrogen-bond acceptors (Lipinski definition) is 1. The van der Waals surface area contributed by atoms with Gasteiger partial charge in [-0.2, -0.15) is 8.78 Å². The second kappa shape index (κ2) is 5.33. The fourth-order valence-electron chi connectivity index (χ4n) is 1.23. The molecule has 1 rings (SSSR count). The minimum absolute atomic E-state index is 0.116. The van der Waals surface area contributed by atoms with Gasteiger partial charge in [0.15, 0.2) is 17.4 Å². The predicted octanol–water partition coefficient (Wildman–Crippen LogP) is 3.88. The molecule has 6 heteroatoms. The summed E-state index contributed by atoms with van der Waals surface area (Å²) in [6.07, 6.45) is -2.01. The van der Waals surface area contributed by atoms with Gasteiger partial charge < -0.3 is 4.74 Å². The molecular weight excluding hydrogens is 243 g/mol. The summed E-state index contributed by atoms with van der Waals surface area (Å²) in [5, 5.41) is 0. The quantitative estimate of drug-likeness (QED) is 0.584. The molecule has 0 aliphatic rings. The average molecular weight is 253 g/mol. The SMILES string of the molecule is [CH2]C(F)c1c(F)c(F)c(OCCC)c(F)c1F. The van der Waals surface area contributed by atoms with Gasteiger partial charge in [-0.15, -0.1) is 0 Å². The molecule has 0 aliphatic carbocycles. The van der Waals surface area contributed by atoms with Gasteiger partial charge in [-0.3, -0.25) is 0 Å². The highest BCUT2D eigenvalue weighted by molar-refractivity contribution is 5.35. The average Bonchev–Trinajstić information content (AvgIpc) is 2.26. The molecule has 17 heavy (non-hydrogen) atoms. The Morgan fingerprint density at radius 1 is 1.06 bits per heavy atom. The Labute approximate surface area is 95.2 Å². The van der Waals surface area contributed by atoms with E-state index < -0.39 is 40.8 Å². The van der Waals surface area contributed by atoms with E-state index in [1.54, 1.807) is 6.92 Å². The van der Waals surface area contributed by atoms with Gasteiger partial charge in [0.1, 0.15) is 6.17 Å². The molecular formula is C11H10F5O. The van der Waals surface area contributed by atoms with Gasteiger partial charge in [-0.25, -0.2) is 13.2 Å². The Hall–Kier alpha value is -1.33. The van der Waals surface area contributed by atoms with E-state index in [1.807, 2.05) is 0 Å². The van der Waals surface area contributed by atoms with Crippen molar-refractivity contribution in [3.8, 4) is 5.75 Å². The molecule has 1 aromatic rings. The maximum Gasteiger partial charge on any atom is 0.204 e. The lowest BCUT2D eigenvalue weighted by Gasteiger charge is -2.12. The zero-order chi connectivity index (χ0) is 13.2. The molecule has 0 aliphatic heterocycles. The summed E-state index contributed by atoms with van der Waals surface area (Å²) < 4.78 is 70.3. The molecule has 1 atom stereocenters. The second-order valence-electron chi connectivity index (χ2n) is 3.31. The lowest BCUT2D eigenvalue weighted by atomic mass is 10.1. The molecule has 0 heterocycles. The monoisotopic (exact) mass is 253 g/mol. The van der Waals surface area contributed by atoms with Gasteiger partial charge in [0, 0.05) is 0 Å². The lowest BCUT2D eigenvalue weighted by molar-refractivity contribution is 0.265. The summed E-state index contributed by atoms with van der Waals surface area (Å²) in [5.74, 6) is -8.32. The molecule has 0 N–H and O–H groups in total. The van der Waals surface area contributed by atoms with Gasteiger partial charge in [0.05, 0.1) is 12.2 Å². The number of benzene rings is 1. The summed E-state index contributed by atoms with van der Waals surface area (Å²) in [6, 6.07) is 0. The van der Waals surface area contributed by atoms with E-state index in [2.05, 4.69) is 11.7 Å². The van der Waals surface area contributed by atoms with E-state index in [0.717, 1.165) is 0 Å². The summed E-state index contributed by atoms with van der Waals surface area (Å²) in [5.41, 5.74) is -1.37. The Morgan fingerprint density at radius 3 is 1.88 bits per heavy atom. The first kappa shape index (κ1) is 13.7. The maximum absolute atomic E-state index is 13.3. The third-order valence-electron chi connectivity index (χ3n) is 2.02. The Bertz CT molecular complexity index is 388. The van der Waals surface area contributed by atoms with Crippen LogP contribution < -0.4 is 4.74 Å². The molecule has 1 aromatic carbocycles. The lowest BCUT2D eigenvalue weighted by Crippen LogP contribution is -2.09. The van der Waals surface area contributed by atoms with E-state index in [9.17, 15) is 22.0 Å².